The van der Waals surface area contributed by atoms with Crippen molar-refractivity contribution >= 4 is 0 Å². The summed E-state index contributed by atoms with van der Waals surface area (Å²) in [5.41, 5.74) is 7.36. The maximum atomic E-state index is 5.42. The quantitative estimate of drug-likeness (QED) is 0.799. The van der Waals surface area contributed by atoms with Crippen LogP contribution in [0, 0.1) is 0 Å². The molecule has 2 rings (SSSR count). The number of rotatable bonds is 3. The molecule has 1 aromatic carbocycles. The van der Waals surface area contributed by atoms with Crippen LogP contribution in [0.2, 0.25) is 0 Å². The number of hydrogen-bond donors (Lipinski definition) is 1. The molecule has 1 aromatic heterocycles. The van der Waals surface area contributed by atoms with Crippen molar-refractivity contribution in [3.8, 4) is 11.3 Å². The first-order chi connectivity index (χ1) is 6.90. The van der Waals surface area contributed by atoms with Crippen LogP contribution in [0.1, 0.15) is 5.76 Å². The molecule has 0 unspecified atom stereocenters. The van der Waals surface area contributed by atoms with Crippen LogP contribution in [0.25, 0.3) is 11.3 Å². The third-order valence-corrected chi connectivity index (χ3v) is 2.02. The highest BCUT2D eigenvalue weighted by Gasteiger charge is 2.04. The lowest BCUT2D eigenvalue weighted by molar-refractivity contribution is 0.386. The van der Waals surface area contributed by atoms with Gasteiger partial charge in [0.05, 0.1) is 0 Å². The van der Waals surface area contributed by atoms with Gasteiger partial charge >= 0.3 is 0 Å². The number of aromatic nitrogens is 1. The van der Waals surface area contributed by atoms with Crippen LogP contribution < -0.4 is 5.73 Å². The van der Waals surface area contributed by atoms with E-state index in [1.54, 1.807) is 0 Å². The van der Waals surface area contributed by atoms with Gasteiger partial charge < -0.3 is 10.3 Å². The lowest BCUT2D eigenvalue weighted by Crippen LogP contribution is -2.01. The maximum absolute atomic E-state index is 5.42. The Hall–Kier alpha value is -1.61. The highest BCUT2D eigenvalue weighted by molar-refractivity contribution is 5.58. The Morgan fingerprint density at radius 2 is 2.00 bits per heavy atom. The largest absolute Gasteiger partial charge is 0.361 e. The minimum absolute atomic E-state index is 0.587. The third-order valence-electron chi connectivity index (χ3n) is 2.02. The summed E-state index contributed by atoms with van der Waals surface area (Å²) in [5.74, 6) is 0.839. The number of nitrogens with zero attached hydrogens (tertiary/aromatic N) is 1. The molecule has 0 radical (unpaired) electrons. The van der Waals surface area contributed by atoms with Gasteiger partial charge in [0.25, 0.3) is 0 Å². The molecule has 2 N–H and O–H groups in total. The van der Waals surface area contributed by atoms with E-state index in [1.165, 1.54) is 0 Å². The minimum atomic E-state index is 0.587. The van der Waals surface area contributed by atoms with Crippen molar-refractivity contribution in [2.24, 2.45) is 5.73 Å². The summed E-state index contributed by atoms with van der Waals surface area (Å²) in [4.78, 5) is 0. The predicted octanol–water partition coefficient (Wildman–Crippen LogP) is 1.84. The molecule has 0 aliphatic rings. The van der Waals surface area contributed by atoms with Crippen molar-refractivity contribution in [3.05, 3.63) is 42.2 Å². The average molecular weight is 188 g/mol. The van der Waals surface area contributed by atoms with Gasteiger partial charge in [0.15, 0.2) is 0 Å². The van der Waals surface area contributed by atoms with Crippen molar-refractivity contribution in [2.75, 3.05) is 6.54 Å². The molecule has 0 aliphatic carbocycles. The molecule has 0 bridgehead atoms. The number of benzene rings is 1. The summed E-state index contributed by atoms with van der Waals surface area (Å²) in [6.07, 6.45) is 0.736. The molecule has 14 heavy (non-hydrogen) atoms. The normalized spacial score (nSPS) is 10.4. The SMILES string of the molecule is NCCc1cc(-c2ccccc2)no1. The molecule has 3 heteroatoms. The maximum Gasteiger partial charge on any atom is 0.138 e. The monoisotopic (exact) mass is 188 g/mol. The third kappa shape index (κ3) is 1.83. The van der Waals surface area contributed by atoms with Crippen molar-refractivity contribution in [3.63, 3.8) is 0 Å². The summed E-state index contributed by atoms with van der Waals surface area (Å²) in [5, 5.41) is 3.97. The average Bonchev–Trinajstić information content (AvgIpc) is 2.68. The zero-order valence-corrected chi connectivity index (χ0v) is 7.81. The summed E-state index contributed by atoms with van der Waals surface area (Å²) >= 11 is 0. The van der Waals surface area contributed by atoms with E-state index in [1.807, 2.05) is 36.4 Å². The van der Waals surface area contributed by atoms with Gasteiger partial charge in [-0.3, -0.25) is 0 Å². The van der Waals surface area contributed by atoms with Gasteiger partial charge in [-0.25, -0.2) is 0 Å². The molecule has 2 aromatic rings. The van der Waals surface area contributed by atoms with Crippen LogP contribution in [-0.4, -0.2) is 11.7 Å². The Bertz CT molecular complexity index is 395. The number of nitrogens with two attached hydrogens (primary N) is 1. The van der Waals surface area contributed by atoms with E-state index in [2.05, 4.69) is 5.16 Å². The summed E-state index contributed by atoms with van der Waals surface area (Å²) in [6.45, 7) is 0.587. The molecule has 0 saturated heterocycles. The van der Waals surface area contributed by atoms with E-state index >= 15 is 0 Å². The highest BCUT2D eigenvalue weighted by atomic mass is 16.5. The lowest BCUT2D eigenvalue weighted by atomic mass is 10.1. The van der Waals surface area contributed by atoms with E-state index in [0.29, 0.717) is 6.54 Å². The fraction of sp³-hybridized carbons (Fsp3) is 0.182. The van der Waals surface area contributed by atoms with Gasteiger partial charge in [-0.1, -0.05) is 35.5 Å². The molecular formula is C11H12N2O. The van der Waals surface area contributed by atoms with Crippen molar-refractivity contribution in [1.29, 1.82) is 0 Å². The molecule has 0 fully saturated rings. The first kappa shape index (κ1) is 8.97. The molecule has 0 aliphatic heterocycles. The Kier molecular flexibility index (Phi) is 2.60. The standard InChI is InChI=1S/C11H12N2O/c12-7-6-10-8-11(13-14-10)9-4-2-1-3-5-9/h1-5,8H,6-7,12H2. The zero-order valence-electron chi connectivity index (χ0n) is 7.81. The molecule has 0 atom stereocenters. The second kappa shape index (κ2) is 4.07. The molecule has 0 amide bonds. The van der Waals surface area contributed by atoms with Crippen LogP contribution in [0.4, 0.5) is 0 Å². The van der Waals surface area contributed by atoms with E-state index in [4.69, 9.17) is 10.3 Å². The number of hydrogen-bond acceptors (Lipinski definition) is 3. The van der Waals surface area contributed by atoms with E-state index < -0.39 is 0 Å². The van der Waals surface area contributed by atoms with Gasteiger partial charge in [-0.2, -0.15) is 0 Å². The molecule has 0 saturated carbocycles. The Morgan fingerprint density at radius 3 is 2.71 bits per heavy atom. The zero-order chi connectivity index (χ0) is 9.80. The molecular weight excluding hydrogens is 176 g/mol. The molecule has 0 spiro atoms. The van der Waals surface area contributed by atoms with E-state index in [-0.39, 0.29) is 0 Å². The first-order valence-corrected chi connectivity index (χ1v) is 4.61. The van der Waals surface area contributed by atoms with Crippen LogP contribution in [0.15, 0.2) is 40.9 Å². The van der Waals surface area contributed by atoms with Crippen LogP contribution in [0.3, 0.4) is 0 Å². The Balaban J connectivity index is 2.25. The highest BCUT2D eigenvalue weighted by Crippen LogP contribution is 2.18. The van der Waals surface area contributed by atoms with Crippen LogP contribution in [0.5, 0.6) is 0 Å². The lowest BCUT2D eigenvalue weighted by Gasteiger charge is -1.91. The molecule has 3 nitrogen and oxygen atoms in total. The van der Waals surface area contributed by atoms with Crippen molar-refractivity contribution in [1.82, 2.24) is 5.16 Å². The van der Waals surface area contributed by atoms with Gasteiger partial charge in [0, 0.05) is 18.1 Å². The van der Waals surface area contributed by atoms with Crippen LogP contribution >= 0.6 is 0 Å². The summed E-state index contributed by atoms with van der Waals surface area (Å²) < 4.78 is 5.13. The Labute approximate surface area is 82.5 Å². The topological polar surface area (TPSA) is 52.0 Å². The molecule has 72 valence electrons. The van der Waals surface area contributed by atoms with Gasteiger partial charge in [0.2, 0.25) is 0 Å². The van der Waals surface area contributed by atoms with Gasteiger partial charge in [-0.05, 0) is 6.54 Å². The fourth-order valence-corrected chi connectivity index (χ4v) is 1.32. The Morgan fingerprint density at radius 1 is 1.21 bits per heavy atom. The van der Waals surface area contributed by atoms with Crippen LogP contribution in [-0.2, 0) is 6.42 Å². The first-order valence-electron chi connectivity index (χ1n) is 4.61. The summed E-state index contributed by atoms with van der Waals surface area (Å²) in [6, 6.07) is 11.9. The van der Waals surface area contributed by atoms with Crippen molar-refractivity contribution in [2.45, 2.75) is 6.42 Å². The summed E-state index contributed by atoms with van der Waals surface area (Å²) in [7, 11) is 0. The minimum Gasteiger partial charge on any atom is -0.361 e. The van der Waals surface area contributed by atoms with E-state index in [0.717, 1.165) is 23.4 Å². The molecule has 1 heterocycles. The van der Waals surface area contributed by atoms with Gasteiger partial charge in [-0.15, -0.1) is 0 Å². The second-order valence-corrected chi connectivity index (χ2v) is 3.08. The van der Waals surface area contributed by atoms with Gasteiger partial charge in [0.1, 0.15) is 11.5 Å². The fourth-order valence-electron chi connectivity index (χ4n) is 1.32. The predicted molar refractivity (Wildman–Crippen MR) is 54.7 cm³/mol. The smallest absolute Gasteiger partial charge is 0.138 e. The van der Waals surface area contributed by atoms with Crippen molar-refractivity contribution < 1.29 is 4.52 Å². The van der Waals surface area contributed by atoms with E-state index in [9.17, 15) is 0 Å². The second-order valence-electron chi connectivity index (χ2n) is 3.08.